The summed E-state index contributed by atoms with van der Waals surface area (Å²) in [5.41, 5.74) is 0.355. The number of benzene rings is 2. The number of carbonyl (C=O) groups is 1. The molecule has 1 aliphatic rings. The lowest BCUT2D eigenvalue weighted by Gasteiger charge is -2.30. The van der Waals surface area contributed by atoms with Gasteiger partial charge in [-0.2, -0.15) is 0 Å². The summed E-state index contributed by atoms with van der Waals surface area (Å²) in [5, 5.41) is 0.354. The van der Waals surface area contributed by atoms with Gasteiger partial charge in [-0.3, -0.25) is 14.3 Å². The Kier molecular flexibility index (Phi) is 11.2. The van der Waals surface area contributed by atoms with Gasteiger partial charge in [0.2, 0.25) is 5.75 Å². The fourth-order valence-corrected chi connectivity index (χ4v) is 4.84. The molecule has 1 fully saturated rings. The number of rotatable bonds is 11. The molecule has 1 atom stereocenters. The minimum atomic E-state index is -0.727. The van der Waals surface area contributed by atoms with Crippen LogP contribution in [0.1, 0.15) is 10.4 Å². The van der Waals surface area contributed by atoms with Crippen molar-refractivity contribution in [2.75, 3.05) is 68.4 Å². The molecule has 1 aromatic heterocycles. The predicted octanol–water partition coefficient (Wildman–Crippen LogP) is 3.08. The molecule has 3 aromatic rings. The first kappa shape index (κ1) is 32.0. The van der Waals surface area contributed by atoms with Crippen molar-refractivity contribution < 1.29 is 38.0 Å². The Morgan fingerprint density at radius 2 is 1.49 bits per heavy atom. The van der Waals surface area contributed by atoms with E-state index in [-0.39, 0.29) is 34.8 Å². The fraction of sp³-hybridized carbons (Fsp3) is 0.444. The molecular formula is C27H34ClN3O9S. The first-order valence-electron chi connectivity index (χ1n) is 12.5. The van der Waals surface area contributed by atoms with E-state index in [1.165, 1.54) is 52.2 Å². The number of methoxy groups -OCH3 is 5. The fourth-order valence-electron chi connectivity index (χ4n) is 4.57. The van der Waals surface area contributed by atoms with Crippen molar-refractivity contribution in [3.63, 3.8) is 0 Å². The number of H-pyrrole nitrogens is 1. The first-order chi connectivity index (χ1) is 19.3. The number of fused-ring (bicyclic) bond motifs is 1. The second-order valence-corrected chi connectivity index (χ2v) is 9.34. The van der Waals surface area contributed by atoms with Crippen molar-refractivity contribution in [2.45, 2.75) is 12.6 Å². The summed E-state index contributed by atoms with van der Waals surface area (Å²) < 4.78 is 39.9. The first-order valence-corrected chi connectivity index (χ1v) is 12.9. The second kappa shape index (κ2) is 14.4. The van der Waals surface area contributed by atoms with Crippen LogP contribution in [-0.4, -0.2) is 94.9 Å². The minimum Gasteiger partial charge on any atom is -0.493 e. The third kappa shape index (κ3) is 7.04. The number of ether oxygens (including phenoxy) is 7. The summed E-state index contributed by atoms with van der Waals surface area (Å²) >= 11 is 5.55. The highest BCUT2D eigenvalue weighted by molar-refractivity contribution is 7.71. The van der Waals surface area contributed by atoms with Crippen LogP contribution in [0.3, 0.4) is 0 Å². The van der Waals surface area contributed by atoms with E-state index < -0.39 is 12.1 Å². The Morgan fingerprint density at radius 1 is 0.902 bits per heavy atom. The van der Waals surface area contributed by atoms with Crippen LogP contribution >= 0.6 is 24.6 Å². The Balaban J connectivity index is 0.00000462. The van der Waals surface area contributed by atoms with Crippen LogP contribution in [-0.2, 0) is 16.0 Å². The summed E-state index contributed by atoms with van der Waals surface area (Å²) in [7, 11) is 7.41. The van der Waals surface area contributed by atoms with Gasteiger partial charge in [0.05, 0.1) is 71.8 Å². The van der Waals surface area contributed by atoms with E-state index in [1.807, 2.05) is 0 Å². The Labute approximate surface area is 248 Å². The van der Waals surface area contributed by atoms with Crippen LogP contribution in [0, 0.1) is 4.77 Å². The number of aromatic amines is 1. The number of nitrogens with zero attached hydrogens (tertiary/aromatic N) is 2. The molecule has 0 radical (unpaired) electrons. The van der Waals surface area contributed by atoms with Gasteiger partial charge >= 0.3 is 5.97 Å². The predicted molar refractivity (Wildman–Crippen MR) is 156 cm³/mol. The zero-order valence-corrected chi connectivity index (χ0v) is 25.1. The molecule has 0 aliphatic carbocycles. The van der Waals surface area contributed by atoms with Gasteiger partial charge in [-0.1, -0.05) is 0 Å². The molecule has 12 nitrogen and oxygen atoms in total. The smallest absolute Gasteiger partial charge is 0.338 e. The summed E-state index contributed by atoms with van der Waals surface area (Å²) in [6.07, 6.45) is -0.727. The SMILES string of the molecule is COc1cc2[nH]c(=S)n(CC(CN3CCOCC3)OC(=O)c3cc(OC)c(OC)c(OC)c3)c(=O)c2cc1OC.Cl. The number of esters is 1. The van der Waals surface area contributed by atoms with E-state index in [9.17, 15) is 9.59 Å². The van der Waals surface area contributed by atoms with Gasteiger partial charge in [-0.05, 0) is 30.4 Å². The van der Waals surface area contributed by atoms with Gasteiger partial charge in [0.15, 0.2) is 27.8 Å². The van der Waals surface area contributed by atoms with Gasteiger partial charge in [0.25, 0.3) is 5.56 Å². The average molecular weight is 612 g/mol. The molecular weight excluding hydrogens is 578 g/mol. The normalized spacial score (nSPS) is 14.1. The molecule has 0 saturated carbocycles. The van der Waals surface area contributed by atoms with E-state index >= 15 is 0 Å². The number of hydrogen-bond donors (Lipinski definition) is 1. The highest BCUT2D eigenvalue weighted by atomic mass is 35.5. The highest BCUT2D eigenvalue weighted by Crippen LogP contribution is 2.38. The molecule has 2 heterocycles. The maximum atomic E-state index is 13.6. The lowest BCUT2D eigenvalue weighted by atomic mass is 10.1. The molecule has 1 aliphatic heterocycles. The van der Waals surface area contributed by atoms with Crippen LogP contribution in [0.4, 0.5) is 0 Å². The highest BCUT2D eigenvalue weighted by Gasteiger charge is 2.25. The van der Waals surface area contributed by atoms with E-state index in [4.69, 9.17) is 45.4 Å². The largest absolute Gasteiger partial charge is 0.493 e. The van der Waals surface area contributed by atoms with Crippen molar-refractivity contribution in [1.29, 1.82) is 0 Å². The molecule has 224 valence electrons. The number of aromatic nitrogens is 2. The van der Waals surface area contributed by atoms with Crippen molar-refractivity contribution in [3.05, 3.63) is 45.0 Å². The Morgan fingerprint density at radius 3 is 2.05 bits per heavy atom. The molecule has 41 heavy (non-hydrogen) atoms. The standard InChI is InChI=1S/C27H33N3O9S.ClH/c1-33-20-12-18-19(13-21(20)34-2)28-27(40)30(25(18)31)15-17(14-29-6-8-38-9-7-29)39-26(32)16-10-22(35-3)24(37-5)23(11-16)36-4;/h10-13,17H,6-9,14-15H2,1-5H3,(H,28,40);1H. The zero-order chi connectivity index (χ0) is 28.8. The average Bonchev–Trinajstić information content (AvgIpc) is 2.98. The number of carbonyl (C=O) groups excluding carboxylic acids is 1. The zero-order valence-electron chi connectivity index (χ0n) is 23.5. The van der Waals surface area contributed by atoms with Crippen LogP contribution in [0.25, 0.3) is 10.9 Å². The molecule has 0 bridgehead atoms. The maximum Gasteiger partial charge on any atom is 0.338 e. The summed E-state index contributed by atoms with van der Waals surface area (Å²) in [5.74, 6) is 1.23. The number of nitrogens with one attached hydrogen (secondary N) is 1. The van der Waals surface area contributed by atoms with Crippen LogP contribution in [0.2, 0.25) is 0 Å². The van der Waals surface area contributed by atoms with E-state index in [1.54, 1.807) is 12.1 Å². The third-order valence-corrected chi connectivity index (χ3v) is 6.93. The molecule has 4 rings (SSSR count). The minimum absolute atomic E-state index is 0. The van der Waals surface area contributed by atoms with Gasteiger partial charge < -0.3 is 38.1 Å². The van der Waals surface area contributed by atoms with Crippen molar-refractivity contribution in [1.82, 2.24) is 14.5 Å². The molecule has 2 aromatic carbocycles. The second-order valence-electron chi connectivity index (χ2n) is 8.95. The molecule has 0 amide bonds. The van der Waals surface area contributed by atoms with Gasteiger partial charge in [0, 0.05) is 25.7 Å². The van der Waals surface area contributed by atoms with Crippen LogP contribution < -0.4 is 29.2 Å². The molecule has 0 spiro atoms. The van der Waals surface area contributed by atoms with Gasteiger partial charge in [-0.15, -0.1) is 12.4 Å². The van der Waals surface area contributed by atoms with Gasteiger partial charge in [-0.25, -0.2) is 4.79 Å². The third-order valence-electron chi connectivity index (χ3n) is 6.61. The van der Waals surface area contributed by atoms with E-state index in [2.05, 4.69) is 9.88 Å². The van der Waals surface area contributed by atoms with Crippen molar-refractivity contribution >= 4 is 41.5 Å². The van der Waals surface area contributed by atoms with Crippen molar-refractivity contribution in [2.24, 2.45) is 0 Å². The summed E-state index contributed by atoms with van der Waals surface area (Å²) in [6.45, 7) is 2.83. The van der Waals surface area contributed by atoms with Crippen LogP contribution in [0.5, 0.6) is 28.7 Å². The maximum absolute atomic E-state index is 13.6. The number of halogens is 1. The number of morpholine rings is 1. The van der Waals surface area contributed by atoms with Gasteiger partial charge in [0.1, 0.15) is 6.10 Å². The molecule has 14 heteroatoms. The summed E-state index contributed by atoms with van der Waals surface area (Å²) in [4.78, 5) is 32.2. The molecule has 1 N–H and O–H groups in total. The van der Waals surface area contributed by atoms with E-state index in [0.29, 0.717) is 72.5 Å². The summed E-state index contributed by atoms with van der Waals surface area (Å²) in [6, 6.07) is 6.29. The molecule has 1 saturated heterocycles. The van der Waals surface area contributed by atoms with Crippen molar-refractivity contribution in [3.8, 4) is 28.7 Å². The lowest BCUT2D eigenvalue weighted by Crippen LogP contribution is -2.44. The van der Waals surface area contributed by atoms with Crippen LogP contribution in [0.15, 0.2) is 29.1 Å². The monoisotopic (exact) mass is 611 g/mol. The Hall–Kier alpha value is -3.52. The lowest BCUT2D eigenvalue weighted by molar-refractivity contribution is -0.00834. The molecule has 1 unspecified atom stereocenters. The Bertz CT molecular complexity index is 1460. The van der Waals surface area contributed by atoms with E-state index in [0.717, 1.165) is 0 Å². The number of hydrogen-bond acceptors (Lipinski definition) is 11. The quantitative estimate of drug-likeness (QED) is 0.254. The topological polar surface area (TPSA) is 123 Å².